The summed E-state index contributed by atoms with van der Waals surface area (Å²) >= 11 is 0. The molecule has 0 saturated carbocycles. The van der Waals surface area contributed by atoms with E-state index in [0.29, 0.717) is 88.9 Å². The van der Waals surface area contributed by atoms with E-state index >= 15 is 0 Å². The molecule has 135 heavy (non-hydrogen) atoms. The van der Waals surface area contributed by atoms with Gasteiger partial charge in [0.15, 0.2) is 0 Å². The molecule has 732 valence electrons. The molecule has 0 bridgehead atoms. The second kappa shape index (κ2) is 71.6. The number of nitrogens with one attached hydrogen (secondary N) is 1. The lowest BCUT2D eigenvalue weighted by Gasteiger charge is -2.07. The number of halogens is 1. The van der Waals surface area contributed by atoms with Crippen LogP contribution in [-0.2, 0) is 20.5 Å². The Labute approximate surface area is 815 Å². The molecular formula is C115H170FN19. The van der Waals surface area contributed by atoms with Crippen molar-refractivity contribution >= 4 is 24.5 Å². The topological polar surface area (TPSA) is 230 Å². The van der Waals surface area contributed by atoms with E-state index in [2.05, 4.69) is 359 Å². The second-order valence-corrected chi connectivity index (χ2v) is 37.6. The van der Waals surface area contributed by atoms with Crippen LogP contribution in [0.5, 0.6) is 0 Å². The highest BCUT2D eigenvalue weighted by Gasteiger charge is 2.12. The molecule has 0 saturated heterocycles. The van der Waals surface area contributed by atoms with E-state index in [0.717, 1.165) is 70.9 Å². The molecule has 3 aromatic carbocycles. The third-order valence-electron chi connectivity index (χ3n) is 20.0. The van der Waals surface area contributed by atoms with E-state index in [1.807, 2.05) is 178 Å². The summed E-state index contributed by atoms with van der Waals surface area (Å²) in [6.07, 6.45) is 42.1. The van der Waals surface area contributed by atoms with Gasteiger partial charge >= 0.3 is 0 Å². The van der Waals surface area contributed by atoms with Gasteiger partial charge < -0.3 is 4.98 Å². The van der Waals surface area contributed by atoms with Gasteiger partial charge in [-0.1, -0.05) is 317 Å². The summed E-state index contributed by atoms with van der Waals surface area (Å²) in [7, 11) is 3.87. The third kappa shape index (κ3) is 58.1. The summed E-state index contributed by atoms with van der Waals surface area (Å²) in [5.74, 6) is 11.2. The minimum absolute atomic E-state index is 0.0532. The molecule has 0 spiro atoms. The number of aromatic amines is 1. The zero-order chi connectivity index (χ0) is 101. The van der Waals surface area contributed by atoms with Crippen LogP contribution in [0.3, 0.4) is 0 Å². The van der Waals surface area contributed by atoms with Crippen molar-refractivity contribution in [3.63, 3.8) is 0 Å². The molecule has 9 aromatic heterocycles. The van der Waals surface area contributed by atoms with Gasteiger partial charge in [-0.25, -0.2) is 34.3 Å². The number of allylic oxidation sites excluding steroid dienone is 2. The lowest BCUT2D eigenvalue weighted by atomic mass is 10.0. The van der Waals surface area contributed by atoms with Crippen LogP contribution in [0.15, 0.2) is 282 Å². The predicted octanol–water partition coefficient (Wildman–Crippen LogP) is 29.7. The summed E-state index contributed by atoms with van der Waals surface area (Å²) in [5, 5.41) is 8.28. The number of benzene rings is 3. The second-order valence-electron chi connectivity index (χ2n) is 37.6. The van der Waals surface area contributed by atoms with E-state index in [9.17, 15) is 4.39 Å². The Morgan fingerprint density at radius 1 is 0.415 bits per heavy atom. The monoisotopic (exact) mass is 1840 g/mol. The number of aliphatic imine (C=N–C) groups is 4. The zero-order valence-corrected chi connectivity index (χ0v) is 88.8. The smallest absolute Gasteiger partial charge is 0.130 e. The molecular weight excluding hydrogens is 1670 g/mol. The minimum atomic E-state index is -0.0532. The molecule has 3 aliphatic heterocycles. The van der Waals surface area contributed by atoms with Gasteiger partial charge in [-0.05, 0) is 184 Å². The molecule has 0 fully saturated rings. The SMILES string of the molecule is CC(C)C1=CCN=C1.CC(C)C1=NCC=C1.CC(C)C1C=NC=N1.CC(C)Cc1ncccn1.CC(C)c1ccccc1.CC(C)c1ccccc1.CC(C)c1ccccn1.CC(C)c1ccccn1.CC(C)c1ccn(C)n1.CC(C)c1cnccn1.CC(C)c1cnn(C)c1.CC(C)c1ncc[nH]1.CC(C)c1ncccn1.Cc1cccc(C(C)C)c1F.Cc1cncc(C(C)C)c1. The van der Waals surface area contributed by atoms with E-state index in [4.69, 9.17) is 0 Å². The van der Waals surface area contributed by atoms with Crippen molar-refractivity contribution in [1.29, 1.82) is 0 Å². The van der Waals surface area contributed by atoms with Crippen LogP contribution in [0.1, 0.15) is 352 Å². The predicted molar refractivity (Wildman–Crippen MR) is 574 cm³/mol. The highest BCUT2D eigenvalue weighted by atomic mass is 19.1. The number of pyridine rings is 3. The Balaban J connectivity index is 0.000000724. The molecule has 12 aromatic rings. The highest BCUT2D eigenvalue weighted by molar-refractivity contribution is 5.97. The van der Waals surface area contributed by atoms with Gasteiger partial charge in [0.25, 0.3) is 0 Å². The highest BCUT2D eigenvalue weighted by Crippen LogP contribution is 2.22. The number of rotatable bonds is 16. The Hall–Kier alpha value is -11.9. The van der Waals surface area contributed by atoms with Gasteiger partial charge in [0.05, 0.1) is 36.7 Å². The maximum Gasteiger partial charge on any atom is 0.130 e. The summed E-state index contributed by atoms with van der Waals surface area (Å²) in [4.78, 5) is 60.2. The maximum atomic E-state index is 13.3. The van der Waals surface area contributed by atoms with Gasteiger partial charge in [0.2, 0.25) is 0 Å². The van der Waals surface area contributed by atoms with Gasteiger partial charge in [0, 0.05) is 155 Å². The first-order chi connectivity index (χ1) is 64.1. The summed E-state index contributed by atoms with van der Waals surface area (Å²) < 4.78 is 16.9. The lowest BCUT2D eigenvalue weighted by molar-refractivity contribution is 0.590. The van der Waals surface area contributed by atoms with Crippen molar-refractivity contribution in [2.45, 2.75) is 299 Å². The molecule has 0 aliphatic carbocycles. The quantitative estimate of drug-likeness (QED) is 0.0952. The van der Waals surface area contributed by atoms with Crippen LogP contribution < -0.4 is 0 Å². The fourth-order valence-corrected chi connectivity index (χ4v) is 11.3. The first-order valence-corrected chi connectivity index (χ1v) is 48.4. The number of hydrogen-bond acceptors (Lipinski definition) is 16. The summed E-state index contributed by atoms with van der Waals surface area (Å²) in [6.45, 7) is 69.9. The third-order valence-corrected chi connectivity index (χ3v) is 20.0. The Bertz CT molecular complexity index is 4620. The average Bonchev–Trinajstić information content (AvgIpc) is 1.43. The van der Waals surface area contributed by atoms with Crippen LogP contribution in [0.2, 0.25) is 0 Å². The number of hydrogen-bond donors (Lipinski definition) is 1. The van der Waals surface area contributed by atoms with Crippen LogP contribution in [0.4, 0.5) is 4.39 Å². The standard InChI is InChI=1S/C10H13F.C9H13N.2C9H12.C8H12N2.2C8H11N.2C7H12N2.2C7H10N2.2C7H11N.2C6H10N2/c1-7(2)9-6-4-5-8(3)10(9)11;1-7(2)9-4-8(3)5-10-6-9;2*1-8(2)9-6-4-3-5-7-9;1-7(2)6-8-9-4-3-5-10-8;2*1-7(2)8-5-3-4-6-9-8;1-6(2)7-4-8-9(3)5-7;1-6(2)7-4-5-9(3)8-7;1-6(2)7-5-8-3-4-9-7;1-6(2)7-8-4-3-5-9-7;1-6(2)7-3-4-8-5-7;1-6(2)7-4-3-5-8-7;1-5(2)6-3-7-4-8-6;1-5(2)6-7-3-4-8-6/h4-7H,1-3H3;4-7H,1-3H3;2*3-8H,1-2H3;3-5,7H,6H2,1-2H3;2*3-7H,1-2H3;2*4-6H,1-3H3;2*3-6H,1-2H3;3,5-6H,4H2,1-2H3;3-4,6H,5H2,1-2H3;3-6H,1-2H3;3-5H,1-2H3,(H,7,8). The first kappa shape index (κ1) is 121. The summed E-state index contributed by atoms with van der Waals surface area (Å²) in [6, 6.07) is 46.8. The van der Waals surface area contributed by atoms with Crippen molar-refractivity contribution in [3.8, 4) is 0 Å². The van der Waals surface area contributed by atoms with Crippen LogP contribution in [-0.4, -0.2) is 118 Å². The maximum absolute atomic E-state index is 13.3. The Morgan fingerprint density at radius 3 is 1.21 bits per heavy atom. The van der Waals surface area contributed by atoms with Crippen LogP contribution in [0, 0.1) is 43.3 Å². The minimum Gasteiger partial charge on any atom is -0.348 e. The molecule has 1 unspecified atom stereocenters. The van der Waals surface area contributed by atoms with E-state index in [1.54, 1.807) is 68.9 Å². The van der Waals surface area contributed by atoms with Crippen molar-refractivity contribution in [1.82, 2.24) is 74.4 Å². The molecule has 1 atom stereocenters. The van der Waals surface area contributed by atoms with Crippen molar-refractivity contribution in [2.24, 2.45) is 57.7 Å². The summed E-state index contributed by atoms with van der Waals surface area (Å²) in [5.41, 5.74) is 15.4. The Kier molecular flexibility index (Phi) is 64.2. The molecule has 1 N–H and O–H groups in total. The molecule has 12 heterocycles. The van der Waals surface area contributed by atoms with Crippen molar-refractivity contribution < 1.29 is 4.39 Å². The fraction of sp³-hybridized carbons (Fsp3) is 0.461. The molecule has 0 amide bonds. The van der Waals surface area contributed by atoms with Crippen molar-refractivity contribution in [3.05, 3.63) is 347 Å². The van der Waals surface area contributed by atoms with Crippen molar-refractivity contribution in [2.75, 3.05) is 13.1 Å². The molecule has 0 radical (unpaired) electrons. The van der Waals surface area contributed by atoms with Crippen LogP contribution in [0.25, 0.3) is 0 Å². The molecule has 15 rings (SSSR count). The normalized spacial score (nSPS) is 12.1. The lowest BCUT2D eigenvalue weighted by Crippen LogP contribution is -2.10. The number of aryl methyl sites for hydroxylation is 4. The number of nitrogens with zero attached hydrogens (tertiary/aromatic N) is 18. The van der Waals surface area contributed by atoms with Gasteiger partial charge in [0.1, 0.15) is 29.6 Å². The molecule has 3 aliphatic rings. The number of aromatic nitrogens is 15. The number of imidazole rings is 1. The van der Waals surface area contributed by atoms with E-state index < -0.39 is 0 Å². The van der Waals surface area contributed by atoms with E-state index in [1.165, 1.54) is 39.1 Å². The zero-order valence-electron chi connectivity index (χ0n) is 88.8. The van der Waals surface area contributed by atoms with Gasteiger partial charge in [-0.15, -0.1) is 0 Å². The van der Waals surface area contributed by atoms with E-state index in [-0.39, 0.29) is 11.7 Å². The number of H-pyrrole nitrogens is 1. The first-order valence-electron chi connectivity index (χ1n) is 48.4. The fourth-order valence-electron chi connectivity index (χ4n) is 11.3. The van der Waals surface area contributed by atoms with Crippen LogP contribution >= 0.6 is 0 Å². The van der Waals surface area contributed by atoms with Gasteiger partial charge in [-0.3, -0.25) is 49.3 Å². The molecule has 19 nitrogen and oxygen atoms in total. The largest absolute Gasteiger partial charge is 0.348 e. The molecule has 20 heteroatoms. The Morgan fingerprint density at radius 2 is 0.941 bits per heavy atom. The van der Waals surface area contributed by atoms with Gasteiger partial charge in [-0.2, -0.15) is 10.2 Å². The average molecular weight is 1840 g/mol.